The van der Waals surface area contributed by atoms with Gasteiger partial charge in [0.05, 0.1) is 5.52 Å². The smallest absolute Gasteiger partial charge is 0.227 e. The summed E-state index contributed by atoms with van der Waals surface area (Å²) >= 11 is 0. The van der Waals surface area contributed by atoms with Gasteiger partial charge in [-0.2, -0.15) is 0 Å². The number of nitrogens with zero attached hydrogens (tertiary/aromatic N) is 1. The Morgan fingerprint density at radius 3 is 2.62 bits per heavy atom. The largest absolute Gasteiger partial charge is 0.344 e. The summed E-state index contributed by atoms with van der Waals surface area (Å²) in [4.78, 5) is 11.1. The normalized spacial score (nSPS) is 9.62. The number of para-hydroxylation sites is 1. The van der Waals surface area contributed by atoms with Crippen molar-refractivity contribution in [2.75, 3.05) is 0 Å². The highest BCUT2D eigenvalue weighted by molar-refractivity contribution is 5.91. The molecule has 68 valence electrons. The first-order chi connectivity index (χ1) is 5.79. The maximum atomic E-state index is 11.1. The zero-order valence-corrected chi connectivity index (χ0v) is 7.53. The molecule has 2 rings (SSSR count). The number of hydrogen-bond donors (Lipinski definition) is 1. The zero-order valence-electron chi connectivity index (χ0n) is 7.53. The Bertz CT molecular complexity index is 431. The second-order valence-corrected chi connectivity index (χ2v) is 2.76. The van der Waals surface area contributed by atoms with E-state index in [0.29, 0.717) is 0 Å². The van der Waals surface area contributed by atoms with Gasteiger partial charge >= 0.3 is 0 Å². The van der Waals surface area contributed by atoms with Crippen molar-refractivity contribution >= 4 is 16.8 Å². The van der Waals surface area contributed by atoms with Gasteiger partial charge in [-0.1, -0.05) is 18.2 Å². The molecule has 0 saturated heterocycles. The van der Waals surface area contributed by atoms with Gasteiger partial charge in [0.25, 0.3) is 0 Å². The van der Waals surface area contributed by atoms with Crippen molar-refractivity contribution in [1.82, 2.24) is 10.7 Å². The molecule has 0 radical (unpaired) electrons. The second-order valence-electron chi connectivity index (χ2n) is 2.76. The Hall–Kier alpha value is -1.61. The molecule has 0 saturated carbocycles. The van der Waals surface area contributed by atoms with Crippen LogP contribution in [0.15, 0.2) is 36.5 Å². The Kier molecular flexibility index (Phi) is 2.49. The van der Waals surface area contributed by atoms with Crippen molar-refractivity contribution in [3.05, 3.63) is 36.5 Å². The molecule has 3 heteroatoms. The van der Waals surface area contributed by atoms with E-state index in [2.05, 4.69) is 0 Å². The quantitative estimate of drug-likeness (QED) is 0.670. The first kappa shape index (κ1) is 9.48. The third kappa shape index (κ3) is 1.46. The average molecular weight is 176 g/mol. The number of fused-ring (bicyclic) bond motifs is 1. The summed E-state index contributed by atoms with van der Waals surface area (Å²) in [6.07, 6.45) is 1.80. The minimum atomic E-state index is 0. The molecule has 0 amide bonds. The predicted octanol–water partition coefficient (Wildman–Crippen LogP) is 2.46. The van der Waals surface area contributed by atoms with Crippen molar-refractivity contribution in [3.8, 4) is 0 Å². The van der Waals surface area contributed by atoms with Crippen LogP contribution in [-0.4, -0.2) is 10.5 Å². The number of hydrogen-bond acceptors (Lipinski definition) is 2. The molecular formula is C10H12N2O. The molecule has 1 aromatic carbocycles. The van der Waals surface area contributed by atoms with Crippen molar-refractivity contribution in [2.24, 2.45) is 0 Å². The van der Waals surface area contributed by atoms with E-state index in [4.69, 9.17) is 0 Å². The molecule has 3 nitrogen and oxygen atoms in total. The maximum absolute atomic E-state index is 11.1. The van der Waals surface area contributed by atoms with Crippen LogP contribution < -0.4 is 6.15 Å². The number of carbonyl (C=O) groups is 1. The predicted molar refractivity (Wildman–Crippen MR) is 53.3 cm³/mol. The number of carbonyl (C=O) groups excluding carboxylic acids is 1. The second kappa shape index (κ2) is 3.41. The van der Waals surface area contributed by atoms with E-state index >= 15 is 0 Å². The average Bonchev–Trinajstić information content (AvgIpc) is 2.47. The minimum absolute atomic E-state index is 0. The first-order valence-electron chi connectivity index (χ1n) is 3.86. The highest BCUT2D eigenvalue weighted by Gasteiger charge is 2.01. The molecular weight excluding hydrogens is 164 g/mol. The van der Waals surface area contributed by atoms with Gasteiger partial charge in [-0.3, -0.25) is 9.36 Å². The molecule has 0 spiro atoms. The van der Waals surface area contributed by atoms with Crippen LogP contribution in [0.2, 0.25) is 0 Å². The fraction of sp³-hybridized carbons (Fsp3) is 0.100. The van der Waals surface area contributed by atoms with Gasteiger partial charge in [0.1, 0.15) is 0 Å². The fourth-order valence-corrected chi connectivity index (χ4v) is 1.36. The van der Waals surface area contributed by atoms with Crippen molar-refractivity contribution in [1.29, 1.82) is 0 Å². The van der Waals surface area contributed by atoms with E-state index in [1.165, 1.54) is 0 Å². The lowest BCUT2D eigenvalue weighted by atomic mass is 10.2. The topological polar surface area (TPSA) is 57.0 Å². The van der Waals surface area contributed by atoms with Crippen molar-refractivity contribution in [3.63, 3.8) is 0 Å². The lowest BCUT2D eigenvalue weighted by molar-refractivity contribution is 0.0941. The summed E-state index contributed by atoms with van der Waals surface area (Å²) in [6, 6.07) is 9.77. The Morgan fingerprint density at radius 1 is 1.23 bits per heavy atom. The van der Waals surface area contributed by atoms with Crippen molar-refractivity contribution in [2.45, 2.75) is 6.92 Å². The molecule has 2 aromatic rings. The summed E-state index contributed by atoms with van der Waals surface area (Å²) in [5.74, 6) is 0.0520. The molecule has 0 fully saturated rings. The van der Waals surface area contributed by atoms with E-state index in [1.807, 2.05) is 30.3 Å². The fourth-order valence-electron chi connectivity index (χ4n) is 1.36. The van der Waals surface area contributed by atoms with Crippen molar-refractivity contribution < 1.29 is 4.79 Å². The summed E-state index contributed by atoms with van der Waals surface area (Å²) < 4.78 is 1.65. The van der Waals surface area contributed by atoms with E-state index in [1.54, 1.807) is 17.7 Å². The minimum Gasteiger partial charge on any atom is -0.344 e. The van der Waals surface area contributed by atoms with Gasteiger partial charge in [-0.15, -0.1) is 0 Å². The molecule has 0 aliphatic rings. The maximum Gasteiger partial charge on any atom is 0.227 e. The van der Waals surface area contributed by atoms with Gasteiger partial charge in [-0.05, 0) is 12.1 Å². The Morgan fingerprint density at radius 2 is 1.92 bits per heavy atom. The van der Waals surface area contributed by atoms with Crippen LogP contribution in [0.3, 0.4) is 0 Å². The van der Waals surface area contributed by atoms with E-state index in [-0.39, 0.29) is 12.1 Å². The standard InChI is InChI=1S/C10H9NO.H3N/c1-8(12)11-7-6-9-4-2-3-5-10(9)11;/h2-7H,1H3;1H3. The Labute approximate surface area is 76.6 Å². The summed E-state index contributed by atoms with van der Waals surface area (Å²) in [5.41, 5.74) is 0.977. The monoisotopic (exact) mass is 176 g/mol. The van der Waals surface area contributed by atoms with Crippen LogP contribution in [0, 0.1) is 0 Å². The van der Waals surface area contributed by atoms with Crippen LogP contribution in [-0.2, 0) is 0 Å². The molecule has 0 atom stereocenters. The molecule has 0 unspecified atom stereocenters. The van der Waals surface area contributed by atoms with Gasteiger partial charge < -0.3 is 6.15 Å². The molecule has 13 heavy (non-hydrogen) atoms. The molecule has 0 aliphatic heterocycles. The third-order valence-electron chi connectivity index (χ3n) is 1.94. The number of aromatic nitrogens is 1. The number of rotatable bonds is 0. The summed E-state index contributed by atoms with van der Waals surface area (Å²) in [7, 11) is 0. The first-order valence-corrected chi connectivity index (χ1v) is 3.86. The zero-order chi connectivity index (χ0) is 8.55. The van der Waals surface area contributed by atoms with E-state index < -0.39 is 0 Å². The van der Waals surface area contributed by atoms with Crippen LogP contribution in [0.4, 0.5) is 0 Å². The molecule has 3 N–H and O–H groups in total. The highest BCUT2D eigenvalue weighted by Crippen LogP contribution is 2.14. The molecule has 0 bridgehead atoms. The van der Waals surface area contributed by atoms with Gasteiger partial charge in [0, 0.05) is 18.5 Å². The molecule has 0 aliphatic carbocycles. The van der Waals surface area contributed by atoms with Crippen LogP contribution in [0.5, 0.6) is 0 Å². The van der Waals surface area contributed by atoms with Crippen LogP contribution >= 0.6 is 0 Å². The number of benzene rings is 1. The summed E-state index contributed by atoms with van der Waals surface area (Å²) in [5, 5.41) is 1.10. The van der Waals surface area contributed by atoms with Gasteiger partial charge in [0.15, 0.2) is 0 Å². The van der Waals surface area contributed by atoms with Gasteiger partial charge in [0.2, 0.25) is 5.91 Å². The summed E-state index contributed by atoms with van der Waals surface area (Å²) in [6.45, 7) is 1.56. The van der Waals surface area contributed by atoms with Gasteiger partial charge in [-0.25, -0.2) is 0 Å². The lowest BCUT2D eigenvalue weighted by Crippen LogP contribution is -2.02. The molecule has 1 aromatic heterocycles. The molecule has 1 heterocycles. The SMILES string of the molecule is CC(=O)n1ccc2ccccc21.N. The Balaban J connectivity index is 0.000000845. The third-order valence-corrected chi connectivity index (χ3v) is 1.94. The lowest BCUT2D eigenvalue weighted by Gasteiger charge is -1.97. The van der Waals surface area contributed by atoms with Crippen LogP contribution in [0.1, 0.15) is 11.7 Å². The van der Waals surface area contributed by atoms with E-state index in [0.717, 1.165) is 10.9 Å². The van der Waals surface area contributed by atoms with Crippen LogP contribution in [0.25, 0.3) is 10.9 Å². The van der Waals surface area contributed by atoms with E-state index in [9.17, 15) is 4.79 Å². The highest BCUT2D eigenvalue weighted by atomic mass is 16.1.